The molecule has 2 aromatic carbocycles. The van der Waals surface area contributed by atoms with Gasteiger partial charge in [-0.15, -0.1) is 0 Å². The Balaban J connectivity index is 1.95. The second kappa shape index (κ2) is 8.80. The van der Waals surface area contributed by atoms with E-state index in [1.54, 1.807) is 50.6 Å². The van der Waals surface area contributed by atoms with E-state index >= 15 is 0 Å². The van der Waals surface area contributed by atoms with E-state index in [0.717, 1.165) is 12.5 Å². The van der Waals surface area contributed by atoms with Gasteiger partial charge in [0.25, 0.3) is 0 Å². The molecule has 5 nitrogen and oxygen atoms in total. The average Bonchev–Trinajstić information content (AvgIpc) is 2.65. The van der Waals surface area contributed by atoms with Gasteiger partial charge < -0.3 is 18.7 Å². The molecule has 0 spiro atoms. The average molecular weight is 360 g/mol. The van der Waals surface area contributed by atoms with Crippen LogP contribution in [-0.4, -0.2) is 40.3 Å². The van der Waals surface area contributed by atoms with Crippen LogP contribution in [0.15, 0.2) is 48.5 Å². The number of rotatable bonds is 9. The van der Waals surface area contributed by atoms with Crippen LogP contribution in [0.3, 0.4) is 0 Å². The predicted octanol–water partition coefficient (Wildman–Crippen LogP) is 3.76. The quantitative estimate of drug-likeness (QED) is 0.419. The van der Waals surface area contributed by atoms with Gasteiger partial charge in [-0.05, 0) is 31.1 Å². The highest BCUT2D eigenvalue weighted by atomic mass is 28.4. The molecule has 0 aliphatic rings. The standard InChI is InChI=1S/C19H24O5Si/c1-22-25(3,23-2)13-7-12-24-16-10-11-17(18(20)14-16)19(21)15-8-5-4-6-9-15/h4-6,8-11,14,20H,7,12-13H2,1-3H3. The number of ether oxygens (including phenoxy) is 1. The molecule has 134 valence electrons. The van der Waals surface area contributed by atoms with Crippen molar-refractivity contribution in [2.24, 2.45) is 0 Å². The van der Waals surface area contributed by atoms with Crippen molar-refractivity contribution in [3.05, 3.63) is 59.7 Å². The Morgan fingerprint density at radius 2 is 1.76 bits per heavy atom. The van der Waals surface area contributed by atoms with Gasteiger partial charge in [0.15, 0.2) is 5.78 Å². The summed E-state index contributed by atoms with van der Waals surface area (Å²) in [5.74, 6) is 0.228. The van der Waals surface area contributed by atoms with E-state index in [0.29, 0.717) is 17.9 Å². The number of ketones is 1. The second-order valence-electron chi connectivity index (χ2n) is 5.87. The molecule has 0 unspecified atom stereocenters. The van der Waals surface area contributed by atoms with Crippen LogP contribution in [0.25, 0.3) is 0 Å². The summed E-state index contributed by atoms with van der Waals surface area (Å²) >= 11 is 0. The summed E-state index contributed by atoms with van der Waals surface area (Å²) in [6.07, 6.45) is 0.788. The SMILES string of the molecule is CO[Si](C)(CCCOc1ccc(C(=O)c2ccccc2)c(O)c1)OC. The first-order chi connectivity index (χ1) is 12.0. The molecule has 25 heavy (non-hydrogen) atoms. The first kappa shape index (κ1) is 19.2. The van der Waals surface area contributed by atoms with Gasteiger partial charge in [-0.2, -0.15) is 0 Å². The number of aromatic hydroxyl groups is 1. The van der Waals surface area contributed by atoms with Crippen LogP contribution in [0.2, 0.25) is 12.6 Å². The molecular weight excluding hydrogens is 336 g/mol. The molecule has 6 heteroatoms. The van der Waals surface area contributed by atoms with E-state index in [-0.39, 0.29) is 17.1 Å². The molecular formula is C19H24O5Si. The molecule has 0 heterocycles. The normalized spacial score (nSPS) is 11.3. The molecule has 0 atom stereocenters. The number of hydrogen-bond acceptors (Lipinski definition) is 5. The lowest BCUT2D eigenvalue weighted by atomic mass is 10.0. The molecule has 0 saturated heterocycles. The zero-order valence-corrected chi connectivity index (χ0v) is 15.8. The van der Waals surface area contributed by atoms with Gasteiger partial charge in [0.1, 0.15) is 11.5 Å². The molecule has 2 rings (SSSR count). The van der Waals surface area contributed by atoms with Gasteiger partial charge in [0.05, 0.1) is 12.2 Å². The summed E-state index contributed by atoms with van der Waals surface area (Å²) in [4.78, 5) is 12.4. The first-order valence-electron chi connectivity index (χ1n) is 8.15. The van der Waals surface area contributed by atoms with E-state index in [9.17, 15) is 9.90 Å². The van der Waals surface area contributed by atoms with Gasteiger partial charge in [-0.25, -0.2) is 0 Å². The van der Waals surface area contributed by atoms with Crippen molar-refractivity contribution >= 4 is 14.3 Å². The van der Waals surface area contributed by atoms with E-state index in [1.807, 2.05) is 12.6 Å². The molecule has 0 bridgehead atoms. The third-order valence-electron chi connectivity index (χ3n) is 4.16. The van der Waals surface area contributed by atoms with Gasteiger partial charge in [0.2, 0.25) is 0 Å². The monoisotopic (exact) mass is 360 g/mol. The maximum Gasteiger partial charge on any atom is 0.334 e. The highest BCUT2D eigenvalue weighted by molar-refractivity contribution is 6.65. The van der Waals surface area contributed by atoms with E-state index in [4.69, 9.17) is 13.6 Å². The minimum Gasteiger partial charge on any atom is -0.507 e. The largest absolute Gasteiger partial charge is 0.507 e. The summed E-state index contributed by atoms with van der Waals surface area (Å²) in [7, 11) is 1.25. The zero-order chi connectivity index (χ0) is 18.3. The zero-order valence-electron chi connectivity index (χ0n) is 14.8. The van der Waals surface area contributed by atoms with Gasteiger partial charge in [-0.1, -0.05) is 30.3 Å². The molecule has 0 fully saturated rings. The third kappa shape index (κ3) is 5.16. The fourth-order valence-corrected chi connectivity index (χ4v) is 3.77. The summed E-state index contributed by atoms with van der Waals surface area (Å²) in [6.45, 7) is 2.49. The van der Waals surface area contributed by atoms with Crippen molar-refractivity contribution in [2.75, 3.05) is 20.8 Å². The van der Waals surface area contributed by atoms with E-state index < -0.39 is 8.56 Å². The Kier molecular flexibility index (Phi) is 6.75. The molecule has 0 radical (unpaired) electrons. The number of phenols is 1. The van der Waals surface area contributed by atoms with Crippen LogP contribution in [0, 0.1) is 0 Å². The van der Waals surface area contributed by atoms with Crippen molar-refractivity contribution in [1.29, 1.82) is 0 Å². The molecule has 0 amide bonds. The van der Waals surface area contributed by atoms with Crippen molar-refractivity contribution in [2.45, 2.75) is 19.0 Å². The third-order valence-corrected chi connectivity index (χ3v) is 7.15. The fourth-order valence-electron chi connectivity index (χ4n) is 2.41. The molecule has 0 aliphatic carbocycles. The van der Waals surface area contributed by atoms with Crippen LogP contribution >= 0.6 is 0 Å². The summed E-state index contributed by atoms with van der Waals surface area (Å²) in [5, 5.41) is 10.2. The number of benzene rings is 2. The minimum atomic E-state index is -2.08. The Hall–Kier alpha value is -2.15. The Bertz CT molecular complexity index is 698. The Labute approximate surface area is 149 Å². The lowest BCUT2D eigenvalue weighted by Gasteiger charge is -2.22. The lowest BCUT2D eigenvalue weighted by Crippen LogP contribution is -2.36. The number of carbonyl (C=O) groups excluding carboxylic acids is 1. The maximum absolute atomic E-state index is 12.4. The smallest absolute Gasteiger partial charge is 0.334 e. The van der Waals surface area contributed by atoms with Crippen LogP contribution in [0.4, 0.5) is 0 Å². The highest BCUT2D eigenvalue weighted by Crippen LogP contribution is 2.26. The predicted molar refractivity (Wildman–Crippen MR) is 98.5 cm³/mol. The van der Waals surface area contributed by atoms with Gasteiger partial charge in [-0.3, -0.25) is 4.79 Å². The Morgan fingerprint density at radius 3 is 2.36 bits per heavy atom. The molecule has 0 aromatic heterocycles. The van der Waals surface area contributed by atoms with Crippen LogP contribution in [0.5, 0.6) is 11.5 Å². The van der Waals surface area contributed by atoms with Crippen molar-refractivity contribution in [3.63, 3.8) is 0 Å². The molecule has 0 saturated carbocycles. The van der Waals surface area contributed by atoms with Gasteiger partial charge in [0, 0.05) is 25.8 Å². The van der Waals surface area contributed by atoms with E-state index in [1.165, 1.54) is 6.07 Å². The van der Waals surface area contributed by atoms with Crippen LogP contribution in [0.1, 0.15) is 22.3 Å². The summed E-state index contributed by atoms with van der Waals surface area (Å²) in [5.41, 5.74) is 0.798. The van der Waals surface area contributed by atoms with Crippen molar-refractivity contribution in [3.8, 4) is 11.5 Å². The van der Waals surface area contributed by atoms with E-state index in [2.05, 4.69) is 0 Å². The van der Waals surface area contributed by atoms with Crippen LogP contribution in [-0.2, 0) is 8.85 Å². The number of phenolic OH excluding ortho intramolecular Hbond substituents is 1. The van der Waals surface area contributed by atoms with Crippen molar-refractivity contribution in [1.82, 2.24) is 0 Å². The summed E-state index contributed by atoms with van der Waals surface area (Å²) in [6, 6.07) is 14.4. The van der Waals surface area contributed by atoms with Crippen molar-refractivity contribution < 1.29 is 23.5 Å². The molecule has 1 N–H and O–H groups in total. The molecule has 2 aromatic rings. The second-order valence-corrected chi connectivity index (χ2v) is 9.45. The minimum absolute atomic E-state index is 0.0839. The Morgan fingerprint density at radius 1 is 1.08 bits per heavy atom. The van der Waals surface area contributed by atoms with Gasteiger partial charge >= 0.3 is 8.56 Å². The highest BCUT2D eigenvalue weighted by Gasteiger charge is 2.27. The summed E-state index contributed by atoms with van der Waals surface area (Å²) < 4.78 is 16.5. The van der Waals surface area contributed by atoms with Crippen LogP contribution < -0.4 is 4.74 Å². The number of hydrogen-bond donors (Lipinski definition) is 1. The molecule has 0 aliphatic heterocycles. The first-order valence-corrected chi connectivity index (χ1v) is 10.7. The lowest BCUT2D eigenvalue weighted by molar-refractivity contribution is 0.103. The fraction of sp³-hybridized carbons (Fsp3) is 0.316. The number of carbonyl (C=O) groups is 1. The maximum atomic E-state index is 12.4. The topological polar surface area (TPSA) is 65.0 Å².